The van der Waals surface area contributed by atoms with Crippen LogP contribution in [0.2, 0.25) is 0 Å². The fraction of sp³-hybridized carbons (Fsp3) is 0.625. The molecule has 1 aromatic rings. The summed E-state index contributed by atoms with van der Waals surface area (Å²) in [6.07, 6.45) is 2.24. The van der Waals surface area contributed by atoms with E-state index in [0.29, 0.717) is 12.1 Å². The van der Waals surface area contributed by atoms with Crippen LogP contribution < -0.4 is 5.73 Å². The topological polar surface area (TPSA) is 32.5 Å². The molecule has 3 nitrogen and oxygen atoms in total. The van der Waals surface area contributed by atoms with Gasteiger partial charge in [0.05, 0.1) is 0 Å². The van der Waals surface area contributed by atoms with Crippen molar-refractivity contribution in [2.24, 2.45) is 5.73 Å². The number of nitrogens with zero attached hydrogens (tertiary/aromatic N) is 2. The van der Waals surface area contributed by atoms with Crippen molar-refractivity contribution in [2.45, 2.75) is 37.9 Å². The van der Waals surface area contributed by atoms with Gasteiger partial charge in [-0.15, -0.1) is 0 Å². The number of rotatable bonds is 5. The molecule has 0 saturated carbocycles. The van der Waals surface area contributed by atoms with Crippen molar-refractivity contribution >= 4 is 15.9 Å². The van der Waals surface area contributed by atoms with E-state index in [-0.39, 0.29) is 6.04 Å². The van der Waals surface area contributed by atoms with Crippen LogP contribution in [0.4, 0.5) is 0 Å². The van der Waals surface area contributed by atoms with E-state index in [2.05, 4.69) is 71.0 Å². The van der Waals surface area contributed by atoms with Crippen molar-refractivity contribution in [3.05, 3.63) is 34.3 Å². The number of hydrogen-bond donors (Lipinski definition) is 1. The van der Waals surface area contributed by atoms with E-state index in [1.807, 2.05) is 0 Å². The highest BCUT2D eigenvalue weighted by Gasteiger charge is 2.32. The molecular weight excluding hydrogens is 314 g/mol. The molecule has 20 heavy (non-hydrogen) atoms. The van der Waals surface area contributed by atoms with Crippen LogP contribution in [0.3, 0.4) is 0 Å². The zero-order chi connectivity index (χ0) is 14.7. The Balaban J connectivity index is 2.18. The number of halogens is 1. The third kappa shape index (κ3) is 3.61. The van der Waals surface area contributed by atoms with Gasteiger partial charge in [0.15, 0.2) is 0 Å². The number of likely N-dealkylation sites (N-methyl/N-ethyl adjacent to an activating group) is 1. The van der Waals surface area contributed by atoms with Crippen LogP contribution in [-0.2, 0) is 0 Å². The summed E-state index contributed by atoms with van der Waals surface area (Å²) in [5, 5.41) is 0. The second-order valence-electron chi connectivity index (χ2n) is 5.97. The van der Waals surface area contributed by atoms with Gasteiger partial charge < -0.3 is 10.6 Å². The summed E-state index contributed by atoms with van der Waals surface area (Å²) in [6, 6.07) is 9.81. The van der Waals surface area contributed by atoms with E-state index in [0.717, 1.165) is 24.0 Å². The normalized spacial score (nSPS) is 23.2. The highest BCUT2D eigenvalue weighted by molar-refractivity contribution is 9.10. The van der Waals surface area contributed by atoms with Gasteiger partial charge >= 0.3 is 0 Å². The van der Waals surface area contributed by atoms with E-state index < -0.39 is 0 Å². The van der Waals surface area contributed by atoms with Crippen LogP contribution in [0.1, 0.15) is 31.4 Å². The molecule has 1 saturated heterocycles. The Morgan fingerprint density at radius 2 is 2.00 bits per heavy atom. The summed E-state index contributed by atoms with van der Waals surface area (Å²) in [7, 11) is 4.34. The average Bonchev–Trinajstić information content (AvgIpc) is 2.90. The molecule has 3 unspecified atom stereocenters. The first kappa shape index (κ1) is 16.0. The van der Waals surface area contributed by atoms with Crippen LogP contribution in [-0.4, -0.2) is 49.1 Å². The number of nitrogens with two attached hydrogens (primary N) is 1. The van der Waals surface area contributed by atoms with Gasteiger partial charge in [-0.2, -0.15) is 0 Å². The largest absolute Gasteiger partial charge is 0.326 e. The lowest BCUT2D eigenvalue weighted by atomic mass is 9.96. The van der Waals surface area contributed by atoms with E-state index in [1.165, 1.54) is 12.0 Å². The Kier molecular flexibility index (Phi) is 5.61. The van der Waals surface area contributed by atoms with E-state index in [1.54, 1.807) is 0 Å². The number of hydrogen-bond acceptors (Lipinski definition) is 3. The maximum Gasteiger partial charge on any atom is 0.0499 e. The van der Waals surface area contributed by atoms with Crippen LogP contribution >= 0.6 is 15.9 Å². The SMILES string of the molecule is CCC(N)C(c1ccc(Br)cc1)N1CCC(N(C)C)C1. The third-order valence-corrected chi connectivity index (χ3v) is 4.94. The first-order chi connectivity index (χ1) is 9.52. The van der Waals surface area contributed by atoms with E-state index in [4.69, 9.17) is 5.73 Å². The summed E-state index contributed by atoms with van der Waals surface area (Å²) >= 11 is 3.51. The van der Waals surface area contributed by atoms with E-state index in [9.17, 15) is 0 Å². The third-order valence-electron chi connectivity index (χ3n) is 4.41. The predicted octanol–water partition coefficient (Wildman–Crippen LogP) is 2.86. The fourth-order valence-electron chi connectivity index (χ4n) is 3.05. The minimum absolute atomic E-state index is 0.192. The predicted molar refractivity (Wildman–Crippen MR) is 88.8 cm³/mol. The Bertz CT molecular complexity index is 418. The van der Waals surface area contributed by atoms with Crippen molar-refractivity contribution in [1.82, 2.24) is 9.80 Å². The maximum absolute atomic E-state index is 6.42. The van der Waals surface area contributed by atoms with Crippen LogP contribution in [0.15, 0.2) is 28.7 Å². The molecule has 0 bridgehead atoms. The first-order valence-electron chi connectivity index (χ1n) is 7.44. The molecular formula is C16H26BrN3. The lowest BCUT2D eigenvalue weighted by Crippen LogP contribution is -2.41. The highest BCUT2D eigenvalue weighted by atomic mass is 79.9. The second kappa shape index (κ2) is 7.03. The zero-order valence-electron chi connectivity index (χ0n) is 12.7. The van der Waals surface area contributed by atoms with Crippen LogP contribution in [0, 0.1) is 0 Å². The van der Waals surface area contributed by atoms with Crippen molar-refractivity contribution in [2.75, 3.05) is 27.2 Å². The Morgan fingerprint density at radius 3 is 2.50 bits per heavy atom. The fourth-order valence-corrected chi connectivity index (χ4v) is 3.32. The van der Waals surface area contributed by atoms with Gasteiger partial charge in [-0.3, -0.25) is 4.90 Å². The number of benzene rings is 1. The van der Waals surface area contributed by atoms with Gasteiger partial charge in [0.1, 0.15) is 0 Å². The summed E-state index contributed by atoms with van der Waals surface area (Å²) in [5.41, 5.74) is 7.76. The second-order valence-corrected chi connectivity index (χ2v) is 6.89. The van der Waals surface area contributed by atoms with Crippen molar-refractivity contribution in [3.8, 4) is 0 Å². The quantitative estimate of drug-likeness (QED) is 0.895. The highest BCUT2D eigenvalue weighted by Crippen LogP contribution is 2.30. The molecule has 112 valence electrons. The number of likely N-dealkylation sites (tertiary alicyclic amines) is 1. The summed E-state index contributed by atoms with van der Waals surface area (Å²) in [4.78, 5) is 4.89. The van der Waals surface area contributed by atoms with Crippen molar-refractivity contribution in [3.63, 3.8) is 0 Å². The van der Waals surface area contributed by atoms with E-state index >= 15 is 0 Å². The molecule has 4 heteroatoms. The lowest BCUT2D eigenvalue weighted by Gasteiger charge is -2.33. The lowest BCUT2D eigenvalue weighted by molar-refractivity contribution is 0.190. The zero-order valence-corrected chi connectivity index (χ0v) is 14.3. The Morgan fingerprint density at radius 1 is 1.35 bits per heavy atom. The molecule has 0 amide bonds. The molecule has 0 aliphatic carbocycles. The monoisotopic (exact) mass is 339 g/mol. The summed E-state index contributed by atoms with van der Waals surface area (Å²) in [6.45, 7) is 4.43. The van der Waals surface area contributed by atoms with Gasteiger partial charge in [-0.1, -0.05) is 35.0 Å². The van der Waals surface area contributed by atoms with Gasteiger partial charge in [-0.25, -0.2) is 0 Å². The molecule has 0 spiro atoms. The molecule has 0 radical (unpaired) electrons. The van der Waals surface area contributed by atoms with Gasteiger partial charge in [0, 0.05) is 35.7 Å². The standard InChI is InChI=1S/C16H26BrN3/c1-4-15(18)16(12-5-7-13(17)8-6-12)20-10-9-14(11-20)19(2)3/h5-8,14-16H,4,9-11,18H2,1-3H3. The van der Waals surface area contributed by atoms with Crippen LogP contribution in [0.25, 0.3) is 0 Å². The van der Waals surface area contributed by atoms with Gasteiger partial charge in [-0.05, 0) is 44.6 Å². The van der Waals surface area contributed by atoms with Crippen molar-refractivity contribution < 1.29 is 0 Å². The average molecular weight is 340 g/mol. The first-order valence-corrected chi connectivity index (χ1v) is 8.23. The Hall–Kier alpha value is -0.420. The summed E-state index contributed by atoms with van der Waals surface area (Å²) in [5.74, 6) is 0. The maximum atomic E-state index is 6.42. The molecule has 1 heterocycles. The molecule has 1 aliphatic heterocycles. The molecule has 1 fully saturated rings. The van der Waals surface area contributed by atoms with Gasteiger partial charge in [0.25, 0.3) is 0 Å². The molecule has 1 aromatic carbocycles. The summed E-state index contributed by atoms with van der Waals surface area (Å²) < 4.78 is 1.12. The molecule has 2 N–H and O–H groups in total. The minimum Gasteiger partial charge on any atom is -0.326 e. The molecule has 0 aromatic heterocycles. The molecule has 1 aliphatic rings. The smallest absolute Gasteiger partial charge is 0.0499 e. The molecule has 2 rings (SSSR count). The van der Waals surface area contributed by atoms with Gasteiger partial charge in [0.2, 0.25) is 0 Å². The molecule has 3 atom stereocenters. The Labute approximate surface area is 131 Å². The minimum atomic E-state index is 0.192. The van der Waals surface area contributed by atoms with Crippen molar-refractivity contribution in [1.29, 1.82) is 0 Å². The van der Waals surface area contributed by atoms with Crippen LogP contribution in [0.5, 0.6) is 0 Å².